The Hall–Kier alpha value is -0.690. The average Bonchev–Trinajstić information content (AvgIpc) is 2.76. The molecule has 0 amide bonds. The molecule has 5 nitrogen and oxygen atoms in total. The Bertz CT molecular complexity index is 275. The van der Waals surface area contributed by atoms with Crippen molar-refractivity contribution >= 4 is 40.1 Å². The van der Waals surface area contributed by atoms with E-state index < -0.39 is 6.16 Å². The lowest BCUT2D eigenvalue weighted by molar-refractivity contribution is 0.148. The van der Waals surface area contributed by atoms with Gasteiger partial charge in [-0.15, -0.1) is 0 Å². The summed E-state index contributed by atoms with van der Waals surface area (Å²) in [5.41, 5.74) is 0. The van der Waals surface area contributed by atoms with Gasteiger partial charge in [0.15, 0.2) is 0 Å². The predicted molar refractivity (Wildman–Crippen MR) is 57.1 cm³/mol. The van der Waals surface area contributed by atoms with Gasteiger partial charge < -0.3 is 9.47 Å². The van der Waals surface area contributed by atoms with E-state index in [9.17, 15) is 4.79 Å². The third-order valence-corrected chi connectivity index (χ3v) is 3.15. The second kappa shape index (κ2) is 4.70. The second-order valence-corrected chi connectivity index (χ2v) is 4.54. The smallest absolute Gasteiger partial charge is 0.370 e. The first kappa shape index (κ1) is 9.85. The van der Waals surface area contributed by atoms with Crippen LogP contribution >= 0.6 is 23.5 Å². The number of aliphatic imine (C=N–C) groups is 2. The number of rotatable bonds is 0. The summed E-state index contributed by atoms with van der Waals surface area (Å²) in [5, 5.41) is 0.775. The second-order valence-electron chi connectivity index (χ2n) is 2.45. The number of nitrogens with zero attached hydrogens (tertiary/aromatic N) is 2. The molecule has 0 bridgehead atoms. The molecule has 76 valence electrons. The van der Waals surface area contributed by atoms with Crippen LogP contribution in [0.15, 0.2) is 9.98 Å². The Balaban J connectivity index is 1.78. The lowest BCUT2D eigenvalue weighted by Crippen LogP contribution is -2.12. The summed E-state index contributed by atoms with van der Waals surface area (Å²) in [4.78, 5) is 19.0. The molecule has 0 aromatic rings. The van der Waals surface area contributed by atoms with Gasteiger partial charge in [-0.3, -0.25) is 0 Å². The molecule has 0 spiro atoms. The maximum atomic E-state index is 11.1. The Morgan fingerprint density at radius 3 is 1.93 bits per heavy atom. The molecule has 2 aliphatic rings. The maximum absolute atomic E-state index is 11.1. The van der Waals surface area contributed by atoms with Gasteiger partial charge in [-0.05, 0) is 0 Å². The zero-order valence-corrected chi connectivity index (χ0v) is 8.90. The molecule has 0 saturated heterocycles. The molecule has 0 aromatic heterocycles. The first-order valence-corrected chi connectivity index (χ1v) is 6.06. The summed E-state index contributed by atoms with van der Waals surface area (Å²) in [5.74, 6) is 1.72. The lowest BCUT2D eigenvalue weighted by Gasteiger charge is -2.02. The van der Waals surface area contributed by atoms with Gasteiger partial charge in [0.2, 0.25) is 0 Å². The fraction of sp³-hybridized carbons (Fsp3) is 0.571. The van der Waals surface area contributed by atoms with Crippen LogP contribution in [0, 0.1) is 0 Å². The van der Waals surface area contributed by atoms with Gasteiger partial charge in [0.05, 0.1) is 13.1 Å². The molecule has 0 unspecified atom stereocenters. The molecule has 14 heavy (non-hydrogen) atoms. The van der Waals surface area contributed by atoms with Gasteiger partial charge in [0.1, 0.15) is 0 Å². The van der Waals surface area contributed by atoms with Crippen LogP contribution < -0.4 is 0 Å². The van der Waals surface area contributed by atoms with Crippen LogP contribution in [0.1, 0.15) is 0 Å². The van der Waals surface area contributed by atoms with Crippen LogP contribution in [-0.2, 0) is 9.47 Å². The van der Waals surface area contributed by atoms with Crippen molar-refractivity contribution in [3.8, 4) is 0 Å². The molecule has 0 aliphatic carbocycles. The fourth-order valence-corrected chi connectivity index (χ4v) is 2.25. The van der Waals surface area contributed by atoms with Gasteiger partial charge in [0, 0.05) is 11.5 Å². The van der Waals surface area contributed by atoms with Gasteiger partial charge in [-0.25, -0.2) is 14.8 Å². The predicted octanol–water partition coefficient (Wildman–Crippen LogP) is 1.35. The van der Waals surface area contributed by atoms with Gasteiger partial charge in [-0.1, -0.05) is 23.5 Å². The molecule has 0 fully saturated rings. The van der Waals surface area contributed by atoms with E-state index in [1.165, 1.54) is 23.5 Å². The Morgan fingerprint density at radius 2 is 1.57 bits per heavy atom. The number of ether oxygens (including phenoxy) is 2. The topological polar surface area (TPSA) is 60.2 Å². The highest BCUT2D eigenvalue weighted by Crippen LogP contribution is 2.16. The number of hydrogen-bond donors (Lipinski definition) is 0. The molecular weight excluding hydrogens is 224 g/mol. The van der Waals surface area contributed by atoms with E-state index in [2.05, 4.69) is 9.98 Å². The minimum atomic E-state index is -0.744. The van der Waals surface area contributed by atoms with Crippen molar-refractivity contribution in [3.63, 3.8) is 0 Å². The molecule has 0 aromatic carbocycles. The standard InChI is InChI=1S/C7H8N2O3S2/c10-7(11-5-8-1-3-13-5)12-6-9-2-4-14-6/h1-4H2. The van der Waals surface area contributed by atoms with Crippen LogP contribution in [0.3, 0.4) is 0 Å². The van der Waals surface area contributed by atoms with Gasteiger partial charge >= 0.3 is 6.16 Å². The summed E-state index contributed by atoms with van der Waals surface area (Å²) in [6, 6.07) is 0. The first-order chi connectivity index (χ1) is 6.84. The van der Waals surface area contributed by atoms with E-state index in [1.54, 1.807) is 0 Å². The monoisotopic (exact) mass is 232 g/mol. The third-order valence-electron chi connectivity index (χ3n) is 1.46. The van der Waals surface area contributed by atoms with Crippen LogP contribution in [0.2, 0.25) is 0 Å². The Morgan fingerprint density at radius 1 is 1.07 bits per heavy atom. The molecule has 7 heteroatoms. The number of carbonyl (C=O) groups is 1. The van der Waals surface area contributed by atoms with Gasteiger partial charge in [-0.2, -0.15) is 0 Å². The normalized spacial score (nSPS) is 20.3. The zero-order chi connectivity index (χ0) is 9.80. The minimum Gasteiger partial charge on any atom is -0.370 e. The van der Waals surface area contributed by atoms with Crippen molar-refractivity contribution < 1.29 is 14.3 Å². The summed E-state index contributed by atoms with van der Waals surface area (Å²) >= 11 is 2.82. The van der Waals surface area contributed by atoms with Crippen LogP contribution in [0.5, 0.6) is 0 Å². The molecule has 2 heterocycles. The van der Waals surface area contributed by atoms with Crippen molar-refractivity contribution in [1.29, 1.82) is 0 Å². The SMILES string of the molecule is O=C(OC1=NCCS1)OC1=NCCS1. The van der Waals surface area contributed by atoms with E-state index in [-0.39, 0.29) is 0 Å². The van der Waals surface area contributed by atoms with E-state index in [4.69, 9.17) is 9.47 Å². The zero-order valence-electron chi connectivity index (χ0n) is 7.26. The first-order valence-electron chi connectivity index (χ1n) is 4.09. The van der Waals surface area contributed by atoms with Crippen molar-refractivity contribution in [2.45, 2.75) is 0 Å². The Labute approximate surface area is 89.3 Å². The third kappa shape index (κ3) is 2.65. The average molecular weight is 232 g/mol. The molecular formula is C7H8N2O3S2. The fourth-order valence-electron chi connectivity index (χ4n) is 0.918. The molecule has 2 aliphatic heterocycles. The summed E-state index contributed by atoms with van der Waals surface area (Å²) in [7, 11) is 0. The van der Waals surface area contributed by atoms with E-state index in [1.807, 2.05) is 0 Å². The van der Waals surface area contributed by atoms with E-state index in [0.717, 1.165) is 11.5 Å². The number of hydrogen-bond acceptors (Lipinski definition) is 7. The molecule has 0 N–H and O–H groups in total. The molecule has 0 atom stereocenters. The maximum Gasteiger partial charge on any atom is 0.522 e. The lowest BCUT2D eigenvalue weighted by atomic mass is 10.8. The number of thioether (sulfide) groups is 2. The van der Waals surface area contributed by atoms with Crippen LogP contribution in [0.25, 0.3) is 0 Å². The van der Waals surface area contributed by atoms with Crippen molar-refractivity contribution in [1.82, 2.24) is 0 Å². The molecule has 0 saturated carbocycles. The van der Waals surface area contributed by atoms with Crippen molar-refractivity contribution in [3.05, 3.63) is 0 Å². The van der Waals surface area contributed by atoms with Gasteiger partial charge in [0.25, 0.3) is 10.5 Å². The van der Waals surface area contributed by atoms with E-state index in [0.29, 0.717) is 23.5 Å². The van der Waals surface area contributed by atoms with Crippen LogP contribution in [0.4, 0.5) is 4.79 Å². The van der Waals surface area contributed by atoms with Crippen molar-refractivity contribution in [2.24, 2.45) is 9.98 Å². The highest BCUT2D eigenvalue weighted by molar-refractivity contribution is 8.14. The van der Waals surface area contributed by atoms with E-state index >= 15 is 0 Å². The molecule has 2 rings (SSSR count). The highest BCUT2D eigenvalue weighted by Gasteiger charge is 2.18. The highest BCUT2D eigenvalue weighted by atomic mass is 32.2. The summed E-state index contributed by atoms with van der Waals surface area (Å²) in [6.45, 7) is 1.39. The minimum absolute atomic E-state index is 0.388. The Kier molecular flexibility index (Phi) is 3.30. The largest absolute Gasteiger partial charge is 0.522 e. The van der Waals surface area contributed by atoms with Crippen LogP contribution in [-0.4, -0.2) is 41.2 Å². The summed E-state index contributed by atoms with van der Waals surface area (Å²) < 4.78 is 9.66. The van der Waals surface area contributed by atoms with Crippen molar-refractivity contribution in [2.75, 3.05) is 24.6 Å². The number of carbonyl (C=O) groups excluding carboxylic acids is 1. The molecule has 0 radical (unpaired) electrons. The summed E-state index contributed by atoms with van der Waals surface area (Å²) in [6.07, 6.45) is -0.744. The quantitative estimate of drug-likeness (QED) is 0.590.